The van der Waals surface area contributed by atoms with E-state index in [9.17, 15) is 10.1 Å². The van der Waals surface area contributed by atoms with Crippen molar-refractivity contribution in [3.05, 3.63) is 89.5 Å². The first-order chi connectivity index (χ1) is 18.1. The number of nitriles is 1. The molecular formula is C29H32N6O2. The molecule has 2 saturated heterocycles. The Labute approximate surface area is 217 Å². The number of piperazine rings is 1. The van der Waals surface area contributed by atoms with Crippen LogP contribution < -0.4 is 25.6 Å². The van der Waals surface area contributed by atoms with E-state index < -0.39 is 0 Å². The van der Waals surface area contributed by atoms with Crippen LogP contribution >= 0.6 is 0 Å². The molecule has 0 atom stereocenters. The van der Waals surface area contributed by atoms with E-state index in [1.54, 1.807) is 7.11 Å². The van der Waals surface area contributed by atoms with Crippen LogP contribution in [0, 0.1) is 11.3 Å². The van der Waals surface area contributed by atoms with Crippen LogP contribution in [0.15, 0.2) is 72.8 Å². The zero-order valence-corrected chi connectivity index (χ0v) is 21.0. The molecule has 2 aliphatic rings. The SMILES string of the molecule is COc1ccc(C2CNC(Nc3cccc(C(=O)N4CCN(c5ccccc5C#N)CC4)c3)NC2)cc1. The maximum absolute atomic E-state index is 13.2. The number of ether oxygens (including phenoxy) is 1. The quantitative estimate of drug-likeness (QED) is 0.483. The number of anilines is 2. The molecule has 2 heterocycles. The molecule has 1 amide bonds. The highest BCUT2D eigenvalue weighted by molar-refractivity contribution is 5.95. The van der Waals surface area contributed by atoms with E-state index in [0.717, 1.165) is 30.2 Å². The maximum Gasteiger partial charge on any atom is 0.254 e. The number of para-hydroxylation sites is 1. The summed E-state index contributed by atoms with van der Waals surface area (Å²) >= 11 is 0. The van der Waals surface area contributed by atoms with Gasteiger partial charge in [-0.3, -0.25) is 15.4 Å². The number of nitrogens with one attached hydrogen (secondary N) is 3. The zero-order valence-electron chi connectivity index (χ0n) is 21.0. The number of benzene rings is 3. The van der Waals surface area contributed by atoms with E-state index in [0.29, 0.717) is 43.2 Å². The lowest BCUT2D eigenvalue weighted by atomic mass is 9.97. The Morgan fingerprint density at radius 3 is 2.41 bits per heavy atom. The van der Waals surface area contributed by atoms with E-state index in [1.165, 1.54) is 5.56 Å². The molecule has 2 aliphatic heterocycles. The number of amides is 1. The molecular weight excluding hydrogens is 464 g/mol. The summed E-state index contributed by atoms with van der Waals surface area (Å²) in [6.07, 6.45) is -0.0800. The molecule has 0 bridgehead atoms. The van der Waals surface area contributed by atoms with Gasteiger partial charge in [-0.1, -0.05) is 30.3 Å². The largest absolute Gasteiger partial charge is 0.497 e. The second kappa shape index (κ2) is 11.3. The lowest BCUT2D eigenvalue weighted by molar-refractivity contribution is 0.0747. The van der Waals surface area contributed by atoms with Gasteiger partial charge in [0.15, 0.2) is 0 Å². The lowest BCUT2D eigenvalue weighted by Crippen LogP contribution is -2.55. The van der Waals surface area contributed by atoms with Crippen molar-refractivity contribution in [2.24, 2.45) is 0 Å². The van der Waals surface area contributed by atoms with Crippen molar-refractivity contribution < 1.29 is 9.53 Å². The summed E-state index contributed by atoms with van der Waals surface area (Å²) in [5.74, 6) is 1.26. The fourth-order valence-corrected chi connectivity index (χ4v) is 4.96. The fourth-order valence-electron chi connectivity index (χ4n) is 4.96. The number of rotatable bonds is 6. The van der Waals surface area contributed by atoms with Crippen LogP contribution in [-0.4, -0.2) is 63.5 Å². The third-order valence-electron chi connectivity index (χ3n) is 7.08. The molecule has 0 saturated carbocycles. The van der Waals surface area contributed by atoms with E-state index in [4.69, 9.17) is 4.74 Å². The predicted molar refractivity (Wildman–Crippen MR) is 145 cm³/mol. The second-order valence-electron chi connectivity index (χ2n) is 9.35. The van der Waals surface area contributed by atoms with Gasteiger partial charge >= 0.3 is 0 Å². The van der Waals surface area contributed by atoms with E-state index in [2.05, 4.69) is 39.1 Å². The summed E-state index contributed by atoms with van der Waals surface area (Å²) in [4.78, 5) is 17.3. The fraction of sp³-hybridized carbons (Fsp3) is 0.310. The third kappa shape index (κ3) is 5.69. The normalized spacial score (nSPS) is 19.7. The zero-order chi connectivity index (χ0) is 25.6. The third-order valence-corrected chi connectivity index (χ3v) is 7.08. The molecule has 190 valence electrons. The van der Waals surface area contributed by atoms with E-state index in [-0.39, 0.29) is 12.2 Å². The minimum Gasteiger partial charge on any atom is -0.497 e. The molecule has 0 aromatic heterocycles. The van der Waals surface area contributed by atoms with Crippen LogP contribution in [0.4, 0.5) is 11.4 Å². The smallest absolute Gasteiger partial charge is 0.254 e. The van der Waals surface area contributed by atoms with Crippen molar-refractivity contribution in [2.45, 2.75) is 12.2 Å². The lowest BCUT2D eigenvalue weighted by Gasteiger charge is -2.36. The van der Waals surface area contributed by atoms with Crippen LogP contribution in [-0.2, 0) is 0 Å². The Balaban J connectivity index is 1.14. The predicted octanol–water partition coefficient (Wildman–Crippen LogP) is 3.20. The number of carbonyl (C=O) groups excluding carboxylic acids is 1. The molecule has 0 spiro atoms. The van der Waals surface area contributed by atoms with Crippen molar-refractivity contribution in [3.63, 3.8) is 0 Å². The standard InChI is InChI=1S/C29H32N6O2/c1-37-26-11-9-21(10-12-26)24-19-31-29(32-20-24)33-25-7-4-6-22(17-25)28(36)35-15-13-34(14-16-35)27-8-3-2-5-23(27)18-30/h2-12,17,24,29,31-33H,13-16,19-20H2,1H3. The Kier molecular flexibility index (Phi) is 7.54. The van der Waals surface area contributed by atoms with Crippen LogP contribution in [0.1, 0.15) is 27.4 Å². The molecule has 3 aromatic rings. The Morgan fingerprint density at radius 2 is 1.70 bits per heavy atom. The van der Waals surface area contributed by atoms with Gasteiger partial charge in [0, 0.05) is 56.4 Å². The molecule has 0 unspecified atom stereocenters. The summed E-state index contributed by atoms with van der Waals surface area (Å²) in [7, 11) is 1.68. The average Bonchev–Trinajstić information content (AvgIpc) is 2.97. The van der Waals surface area contributed by atoms with Crippen molar-refractivity contribution in [2.75, 3.05) is 56.6 Å². The van der Waals surface area contributed by atoms with Crippen molar-refractivity contribution in [3.8, 4) is 11.8 Å². The second-order valence-corrected chi connectivity index (χ2v) is 9.35. The summed E-state index contributed by atoms with van der Waals surface area (Å²) in [6.45, 7) is 4.33. The van der Waals surface area contributed by atoms with Crippen molar-refractivity contribution in [1.29, 1.82) is 5.26 Å². The molecule has 8 nitrogen and oxygen atoms in total. The molecule has 2 fully saturated rings. The topological polar surface area (TPSA) is 92.7 Å². The molecule has 5 rings (SSSR count). The van der Waals surface area contributed by atoms with Crippen molar-refractivity contribution in [1.82, 2.24) is 15.5 Å². The van der Waals surface area contributed by atoms with Gasteiger partial charge in [0.05, 0.1) is 18.4 Å². The molecule has 0 radical (unpaired) electrons. The molecule has 0 aliphatic carbocycles. The minimum absolute atomic E-state index is 0.0287. The van der Waals surface area contributed by atoms with Gasteiger partial charge in [-0.2, -0.15) is 5.26 Å². The number of nitrogens with zero attached hydrogens (tertiary/aromatic N) is 3. The first-order valence-electron chi connectivity index (χ1n) is 12.7. The Hall–Kier alpha value is -4.06. The maximum atomic E-state index is 13.2. The summed E-state index contributed by atoms with van der Waals surface area (Å²) < 4.78 is 5.26. The number of carbonyl (C=O) groups is 1. The summed E-state index contributed by atoms with van der Waals surface area (Å²) in [5.41, 5.74) is 4.43. The van der Waals surface area contributed by atoms with Gasteiger partial charge in [-0.05, 0) is 48.0 Å². The first-order valence-corrected chi connectivity index (χ1v) is 12.7. The van der Waals surface area contributed by atoms with Crippen LogP contribution in [0.3, 0.4) is 0 Å². The van der Waals surface area contributed by atoms with Crippen LogP contribution in [0.25, 0.3) is 0 Å². The van der Waals surface area contributed by atoms with Gasteiger partial charge in [-0.25, -0.2) is 0 Å². The van der Waals surface area contributed by atoms with Gasteiger partial charge < -0.3 is 19.9 Å². The van der Waals surface area contributed by atoms with E-state index in [1.807, 2.05) is 65.6 Å². The highest BCUT2D eigenvalue weighted by Gasteiger charge is 2.24. The minimum atomic E-state index is -0.0800. The molecule has 8 heteroatoms. The summed E-state index contributed by atoms with van der Waals surface area (Å²) in [6, 6.07) is 25.8. The van der Waals surface area contributed by atoms with Crippen molar-refractivity contribution >= 4 is 17.3 Å². The van der Waals surface area contributed by atoms with Gasteiger partial charge in [-0.15, -0.1) is 0 Å². The molecule has 3 aromatic carbocycles. The molecule has 3 N–H and O–H groups in total. The van der Waals surface area contributed by atoms with E-state index >= 15 is 0 Å². The van der Waals surface area contributed by atoms with Gasteiger partial charge in [0.25, 0.3) is 5.91 Å². The Bertz CT molecular complexity index is 1260. The van der Waals surface area contributed by atoms with Crippen LogP contribution in [0.5, 0.6) is 5.75 Å². The number of hydrogen-bond donors (Lipinski definition) is 3. The highest BCUT2D eigenvalue weighted by atomic mass is 16.5. The average molecular weight is 497 g/mol. The number of hydrogen-bond acceptors (Lipinski definition) is 7. The number of methoxy groups -OCH3 is 1. The summed E-state index contributed by atoms with van der Waals surface area (Å²) in [5, 5.41) is 19.9. The van der Waals surface area contributed by atoms with Gasteiger partial charge in [0.2, 0.25) is 0 Å². The first kappa shape index (κ1) is 24.6. The monoisotopic (exact) mass is 496 g/mol. The molecule has 37 heavy (non-hydrogen) atoms. The Morgan fingerprint density at radius 1 is 0.973 bits per heavy atom. The van der Waals surface area contributed by atoms with Crippen LogP contribution in [0.2, 0.25) is 0 Å². The highest BCUT2D eigenvalue weighted by Crippen LogP contribution is 2.23. The van der Waals surface area contributed by atoms with Gasteiger partial charge in [0.1, 0.15) is 18.1 Å².